The molecule has 0 radical (unpaired) electrons. The predicted molar refractivity (Wildman–Crippen MR) is 91.5 cm³/mol. The third-order valence-corrected chi connectivity index (χ3v) is 3.90. The van der Waals surface area contributed by atoms with Gasteiger partial charge in [-0.2, -0.15) is 0 Å². The highest BCUT2D eigenvalue weighted by Gasteiger charge is 2.12. The summed E-state index contributed by atoms with van der Waals surface area (Å²) in [6.07, 6.45) is 7.32. The van der Waals surface area contributed by atoms with E-state index in [0.29, 0.717) is 25.9 Å². The zero-order chi connectivity index (χ0) is 18.8. The second kappa shape index (κ2) is 17.2. The van der Waals surface area contributed by atoms with E-state index in [1.807, 2.05) is 6.92 Å². The first-order valence-corrected chi connectivity index (χ1v) is 9.15. The average Bonchev–Trinajstić information content (AvgIpc) is 2.59. The van der Waals surface area contributed by atoms with Gasteiger partial charge in [0.1, 0.15) is 6.10 Å². The zero-order valence-corrected chi connectivity index (χ0v) is 15.2. The number of hydrogen-bond acceptors (Lipinski definition) is 7. The van der Waals surface area contributed by atoms with Crippen molar-refractivity contribution in [2.45, 2.75) is 89.9 Å². The number of hydrogen-bond donors (Lipinski definition) is 1. The van der Waals surface area contributed by atoms with Gasteiger partial charge in [0.05, 0.1) is 6.61 Å². The van der Waals surface area contributed by atoms with E-state index in [2.05, 4.69) is 9.47 Å². The molecule has 7 nitrogen and oxygen atoms in total. The SMILES string of the molecule is CCC(CCCCCC(O)OC=O)OC(=O)CCCCCCOC=O. The Labute approximate surface area is 150 Å². The lowest BCUT2D eigenvalue weighted by Gasteiger charge is -2.16. The van der Waals surface area contributed by atoms with Gasteiger partial charge in [-0.05, 0) is 38.5 Å². The van der Waals surface area contributed by atoms with Gasteiger partial charge in [-0.1, -0.05) is 26.2 Å². The molecule has 1 N–H and O–H groups in total. The standard InChI is InChI=1S/C18H32O7/c1-2-16(10-6-5-8-11-17(21)24-15-20)25-18(22)12-7-3-4-9-13-23-14-19/h14-17,21H,2-13H2,1H3. The van der Waals surface area contributed by atoms with E-state index < -0.39 is 6.29 Å². The third kappa shape index (κ3) is 15.6. The highest BCUT2D eigenvalue weighted by Crippen LogP contribution is 2.14. The van der Waals surface area contributed by atoms with Gasteiger partial charge in [0.2, 0.25) is 0 Å². The maximum Gasteiger partial charge on any atom is 0.306 e. The van der Waals surface area contributed by atoms with Crippen LogP contribution in [0, 0.1) is 0 Å². The van der Waals surface area contributed by atoms with Crippen LogP contribution in [0.4, 0.5) is 0 Å². The van der Waals surface area contributed by atoms with Gasteiger partial charge in [0.15, 0.2) is 6.29 Å². The quantitative estimate of drug-likeness (QED) is 0.132. The molecule has 0 saturated heterocycles. The number of aliphatic hydroxyl groups excluding tert-OH is 1. The Hall–Kier alpha value is -1.63. The fourth-order valence-electron chi connectivity index (χ4n) is 2.45. The molecule has 146 valence electrons. The molecule has 0 spiro atoms. The fraction of sp³-hybridized carbons (Fsp3) is 0.833. The van der Waals surface area contributed by atoms with E-state index in [-0.39, 0.29) is 18.5 Å². The molecule has 0 aromatic rings. The van der Waals surface area contributed by atoms with Crippen molar-refractivity contribution in [3.63, 3.8) is 0 Å². The predicted octanol–water partition coefficient (Wildman–Crippen LogP) is 2.87. The summed E-state index contributed by atoms with van der Waals surface area (Å²) < 4.78 is 14.5. The number of unbranched alkanes of at least 4 members (excludes halogenated alkanes) is 5. The van der Waals surface area contributed by atoms with Crippen LogP contribution in [-0.4, -0.2) is 43.0 Å². The molecule has 0 aromatic heterocycles. The maximum absolute atomic E-state index is 11.8. The van der Waals surface area contributed by atoms with Crippen LogP contribution in [0.2, 0.25) is 0 Å². The van der Waals surface area contributed by atoms with Crippen molar-refractivity contribution in [1.29, 1.82) is 0 Å². The molecular formula is C18H32O7. The Morgan fingerprint density at radius 3 is 2.32 bits per heavy atom. The van der Waals surface area contributed by atoms with Crippen molar-refractivity contribution in [2.75, 3.05) is 6.61 Å². The second-order valence-corrected chi connectivity index (χ2v) is 5.98. The van der Waals surface area contributed by atoms with E-state index >= 15 is 0 Å². The van der Waals surface area contributed by atoms with Gasteiger partial charge in [0.25, 0.3) is 12.9 Å². The topological polar surface area (TPSA) is 99.1 Å². The Morgan fingerprint density at radius 2 is 1.64 bits per heavy atom. The lowest BCUT2D eigenvalue weighted by atomic mass is 10.1. The van der Waals surface area contributed by atoms with E-state index in [9.17, 15) is 19.5 Å². The minimum atomic E-state index is -1.03. The van der Waals surface area contributed by atoms with Crippen LogP contribution in [0.5, 0.6) is 0 Å². The molecule has 7 heteroatoms. The molecule has 2 unspecified atom stereocenters. The highest BCUT2D eigenvalue weighted by atomic mass is 16.6. The van der Waals surface area contributed by atoms with Gasteiger partial charge in [0, 0.05) is 12.8 Å². The molecule has 0 aromatic carbocycles. The minimum absolute atomic E-state index is 0.0651. The normalized spacial score (nSPS) is 12.9. The fourth-order valence-corrected chi connectivity index (χ4v) is 2.45. The van der Waals surface area contributed by atoms with Gasteiger partial charge in [-0.15, -0.1) is 0 Å². The Morgan fingerprint density at radius 1 is 0.960 bits per heavy atom. The van der Waals surface area contributed by atoms with Gasteiger partial charge < -0.3 is 19.3 Å². The van der Waals surface area contributed by atoms with Crippen molar-refractivity contribution in [2.24, 2.45) is 0 Å². The number of ether oxygens (including phenoxy) is 3. The highest BCUT2D eigenvalue weighted by molar-refractivity contribution is 5.69. The van der Waals surface area contributed by atoms with E-state index in [4.69, 9.17) is 4.74 Å². The smallest absolute Gasteiger partial charge is 0.306 e. The van der Waals surface area contributed by atoms with Crippen LogP contribution in [0.3, 0.4) is 0 Å². The molecular weight excluding hydrogens is 328 g/mol. The lowest BCUT2D eigenvalue weighted by Crippen LogP contribution is -2.17. The summed E-state index contributed by atoms with van der Waals surface area (Å²) in [6, 6.07) is 0. The van der Waals surface area contributed by atoms with Gasteiger partial charge >= 0.3 is 5.97 Å². The number of esters is 1. The molecule has 0 rings (SSSR count). The molecule has 25 heavy (non-hydrogen) atoms. The van der Waals surface area contributed by atoms with Gasteiger partial charge in [-0.25, -0.2) is 0 Å². The summed E-state index contributed by atoms with van der Waals surface area (Å²) in [5.41, 5.74) is 0. The summed E-state index contributed by atoms with van der Waals surface area (Å²) in [7, 11) is 0. The number of carbonyl (C=O) groups is 3. The van der Waals surface area contributed by atoms with Crippen molar-refractivity contribution in [1.82, 2.24) is 0 Å². The number of rotatable bonds is 18. The van der Waals surface area contributed by atoms with Gasteiger partial charge in [-0.3, -0.25) is 14.4 Å². The second-order valence-electron chi connectivity index (χ2n) is 5.98. The molecule has 0 bridgehead atoms. The largest absolute Gasteiger partial charge is 0.468 e. The third-order valence-electron chi connectivity index (χ3n) is 3.90. The van der Waals surface area contributed by atoms with E-state index in [0.717, 1.165) is 57.8 Å². The first kappa shape index (κ1) is 23.4. The van der Waals surface area contributed by atoms with Crippen LogP contribution in [-0.2, 0) is 28.6 Å². The average molecular weight is 360 g/mol. The molecule has 0 aliphatic carbocycles. The molecule has 0 fully saturated rings. The zero-order valence-electron chi connectivity index (χ0n) is 15.2. The monoisotopic (exact) mass is 360 g/mol. The van der Waals surface area contributed by atoms with E-state index in [1.165, 1.54) is 0 Å². The van der Waals surface area contributed by atoms with Crippen molar-refractivity contribution < 1.29 is 33.7 Å². The van der Waals surface area contributed by atoms with E-state index in [1.54, 1.807) is 0 Å². The summed E-state index contributed by atoms with van der Waals surface area (Å²) in [6.45, 7) is 3.12. The summed E-state index contributed by atoms with van der Waals surface area (Å²) in [5.74, 6) is -0.161. The first-order chi connectivity index (χ1) is 12.1. The lowest BCUT2D eigenvalue weighted by molar-refractivity contribution is -0.152. The van der Waals surface area contributed by atoms with Crippen LogP contribution in [0.15, 0.2) is 0 Å². The Bertz CT molecular complexity index is 346. The molecule has 0 saturated carbocycles. The van der Waals surface area contributed by atoms with Crippen molar-refractivity contribution >= 4 is 18.9 Å². The summed E-state index contributed by atoms with van der Waals surface area (Å²) >= 11 is 0. The minimum Gasteiger partial charge on any atom is -0.468 e. The van der Waals surface area contributed by atoms with Crippen LogP contribution < -0.4 is 0 Å². The molecule has 0 aliphatic heterocycles. The number of aliphatic hydroxyl groups is 1. The Balaban J connectivity index is 3.62. The number of carbonyl (C=O) groups excluding carboxylic acids is 3. The van der Waals surface area contributed by atoms with Crippen LogP contribution >= 0.6 is 0 Å². The first-order valence-electron chi connectivity index (χ1n) is 9.15. The molecule has 2 atom stereocenters. The van der Waals surface area contributed by atoms with Crippen LogP contribution in [0.25, 0.3) is 0 Å². The maximum atomic E-state index is 11.8. The molecule has 0 aliphatic rings. The Kier molecular flexibility index (Phi) is 16.1. The molecule has 0 heterocycles. The summed E-state index contributed by atoms with van der Waals surface area (Å²) in [5, 5.41) is 9.24. The molecule has 0 amide bonds. The van der Waals surface area contributed by atoms with Crippen molar-refractivity contribution in [3.8, 4) is 0 Å². The van der Waals surface area contributed by atoms with Crippen LogP contribution in [0.1, 0.15) is 77.6 Å². The summed E-state index contributed by atoms with van der Waals surface area (Å²) in [4.78, 5) is 31.8. The van der Waals surface area contributed by atoms with Crippen molar-refractivity contribution in [3.05, 3.63) is 0 Å².